The van der Waals surface area contributed by atoms with E-state index in [-0.39, 0.29) is 0 Å². The lowest BCUT2D eigenvalue weighted by Gasteiger charge is -2.15. The first-order valence-electron chi connectivity index (χ1n) is 10.5. The largest absolute Gasteiger partial charge is 0.380 e. The number of hydrogen-bond donors (Lipinski definition) is 0. The van der Waals surface area contributed by atoms with Gasteiger partial charge >= 0.3 is 0 Å². The molecule has 31 heavy (non-hydrogen) atoms. The van der Waals surface area contributed by atoms with Crippen molar-refractivity contribution in [2.24, 2.45) is 7.05 Å². The Morgan fingerprint density at radius 3 is 2.61 bits per heavy atom. The van der Waals surface area contributed by atoms with Crippen LogP contribution in [-0.2, 0) is 18.3 Å². The maximum absolute atomic E-state index is 6.94. The molecule has 0 N–H and O–H groups in total. The first kappa shape index (κ1) is 20.2. The number of nitrogens with zero attached hydrogens (tertiary/aromatic N) is 6. The van der Waals surface area contributed by atoms with Crippen molar-refractivity contribution in [3.63, 3.8) is 0 Å². The van der Waals surface area contributed by atoms with Gasteiger partial charge in [0.1, 0.15) is 11.4 Å². The lowest BCUT2D eigenvalue weighted by Crippen LogP contribution is -2.27. The number of aryl methyl sites for hydroxylation is 1. The molecule has 4 aromatic rings. The van der Waals surface area contributed by atoms with Crippen molar-refractivity contribution in [3.05, 3.63) is 53.7 Å². The number of rotatable bonds is 6. The Labute approximate surface area is 186 Å². The summed E-state index contributed by atoms with van der Waals surface area (Å²) in [6.45, 7) is 3.58. The summed E-state index contributed by atoms with van der Waals surface area (Å²) in [6.07, 6.45) is 3.39. The van der Waals surface area contributed by atoms with E-state index in [2.05, 4.69) is 25.7 Å². The van der Waals surface area contributed by atoms with E-state index in [0.717, 1.165) is 48.4 Å². The highest BCUT2D eigenvalue weighted by molar-refractivity contribution is 6.38. The van der Waals surface area contributed by atoms with Crippen LogP contribution in [0.1, 0.15) is 6.42 Å². The van der Waals surface area contributed by atoms with E-state index in [1.54, 1.807) is 7.11 Å². The van der Waals surface area contributed by atoms with Crippen molar-refractivity contribution in [1.82, 2.24) is 29.4 Å². The van der Waals surface area contributed by atoms with Crippen LogP contribution in [0, 0.1) is 0 Å². The molecule has 5 rings (SSSR count). The molecule has 1 aromatic carbocycles. The molecule has 0 saturated carbocycles. The number of likely N-dealkylation sites (tertiary alicyclic amines) is 1. The van der Waals surface area contributed by atoms with E-state index in [1.807, 2.05) is 54.3 Å². The molecule has 4 heterocycles. The maximum Gasteiger partial charge on any atom is 0.182 e. The first-order valence-corrected chi connectivity index (χ1v) is 10.9. The van der Waals surface area contributed by atoms with Crippen LogP contribution in [0.5, 0.6) is 0 Å². The first-order chi connectivity index (χ1) is 15.2. The fourth-order valence-corrected chi connectivity index (χ4v) is 4.59. The number of aromatic nitrogens is 5. The number of benzene rings is 1. The Morgan fingerprint density at radius 1 is 1.06 bits per heavy atom. The van der Waals surface area contributed by atoms with E-state index < -0.39 is 0 Å². The average molecular weight is 437 g/mol. The predicted octanol–water partition coefficient (Wildman–Crippen LogP) is 3.87. The standard InChI is InChI=1S/C23H25ClN6O/c1-28-11-6-9-18(28)22-19-20(24)21(16-7-4-3-5-8-16)25-26-23(19)30(27-22)14-13-29-12-10-17(15-29)31-2/h3-9,11,17H,10,12-15H2,1-2H3/t17-/m0/s1. The third-order valence-corrected chi connectivity index (χ3v) is 6.39. The zero-order valence-electron chi connectivity index (χ0n) is 17.7. The smallest absolute Gasteiger partial charge is 0.182 e. The van der Waals surface area contributed by atoms with Crippen LogP contribution in [0.2, 0.25) is 5.02 Å². The average Bonchev–Trinajstić information content (AvgIpc) is 3.51. The van der Waals surface area contributed by atoms with Crippen molar-refractivity contribution < 1.29 is 4.74 Å². The minimum atomic E-state index is 0.316. The number of methoxy groups -OCH3 is 1. The van der Waals surface area contributed by atoms with Gasteiger partial charge in [-0.05, 0) is 18.6 Å². The van der Waals surface area contributed by atoms with Crippen molar-refractivity contribution in [3.8, 4) is 22.6 Å². The molecule has 1 atom stereocenters. The second-order valence-corrected chi connectivity index (χ2v) is 8.33. The molecule has 0 spiro atoms. The van der Waals surface area contributed by atoms with Crippen LogP contribution in [-0.4, -0.2) is 62.3 Å². The summed E-state index contributed by atoms with van der Waals surface area (Å²) < 4.78 is 9.48. The van der Waals surface area contributed by atoms with Gasteiger partial charge in [0.15, 0.2) is 5.65 Å². The highest BCUT2D eigenvalue weighted by Crippen LogP contribution is 2.37. The van der Waals surface area contributed by atoms with Gasteiger partial charge in [-0.3, -0.25) is 4.90 Å². The SMILES string of the molecule is CO[C@H]1CCN(CCn2nc(-c3cccn3C)c3c(Cl)c(-c4ccccc4)nnc32)C1. The maximum atomic E-state index is 6.94. The molecular weight excluding hydrogens is 412 g/mol. The minimum absolute atomic E-state index is 0.316. The van der Waals surface area contributed by atoms with Gasteiger partial charge < -0.3 is 9.30 Å². The van der Waals surface area contributed by atoms with E-state index in [9.17, 15) is 0 Å². The molecule has 1 aliphatic heterocycles. The van der Waals surface area contributed by atoms with E-state index >= 15 is 0 Å². The molecule has 1 saturated heterocycles. The third kappa shape index (κ3) is 3.73. The van der Waals surface area contributed by atoms with Gasteiger partial charge in [-0.1, -0.05) is 41.9 Å². The lowest BCUT2D eigenvalue weighted by atomic mass is 10.1. The van der Waals surface area contributed by atoms with E-state index in [1.165, 1.54) is 0 Å². The zero-order chi connectivity index (χ0) is 21.4. The van der Waals surface area contributed by atoms with Crippen molar-refractivity contribution >= 4 is 22.6 Å². The lowest BCUT2D eigenvalue weighted by molar-refractivity contribution is 0.107. The van der Waals surface area contributed by atoms with E-state index in [0.29, 0.717) is 29.0 Å². The zero-order valence-corrected chi connectivity index (χ0v) is 18.5. The van der Waals surface area contributed by atoms with Crippen molar-refractivity contribution in [2.45, 2.75) is 19.1 Å². The van der Waals surface area contributed by atoms with Crippen molar-refractivity contribution in [2.75, 3.05) is 26.7 Å². The number of halogens is 1. The summed E-state index contributed by atoms with van der Waals surface area (Å²) in [5.41, 5.74) is 4.15. The quantitative estimate of drug-likeness (QED) is 0.459. The highest BCUT2D eigenvalue weighted by Gasteiger charge is 2.24. The normalized spacial score (nSPS) is 17.1. The van der Waals surface area contributed by atoms with Crippen molar-refractivity contribution in [1.29, 1.82) is 0 Å². The monoisotopic (exact) mass is 436 g/mol. The molecule has 1 aliphatic rings. The van der Waals surface area contributed by atoms with Gasteiger partial charge in [0.2, 0.25) is 0 Å². The van der Waals surface area contributed by atoms with Gasteiger partial charge in [-0.15, -0.1) is 10.2 Å². The van der Waals surface area contributed by atoms with Gasteiger partial charge in [0, 0.05) is 45.6 Å². The number of hydrogen-bond acceptors (Lipinski definition) is 5. The fourth-order valence-electron chi connectivity index (χ4n) is 4.27. The molecule has 8 heteroatoms. The Kier molecular flexibility index (Phi) is 5.48. The third-order valence-electron chi connectivity index (χ3n) is 6.02. The van der Waals surface area contributed by atoms with Gasteiger partial charge in [0.25, 0.3) is 0 Å². The van der Waals surface area contributed by atoms with Crippen LogP contribution < -0.4 is 0 Å². The summed E-state index contributed by atoms with van der Waals surface area (Å²) in [7, 11) is 3.79. The summed E-state index contributed by atoms with van der Waals surface area (Å²) in [5.74, 6) is 0. The van der Waals surface area contributed by atoms with Crippen LogP contribution in [0.25, 0.3) is 33.7 Å². The van der Waals surface area contributed by atoms with Gasteiger partial charge in [-0.25, -0.2) is 4.68 Å². The summed E-state index contributed by atoms with van der Waals surface area (Å²) in [6, 6.07) is 14.0. The second-order valence-electron chi connectivity index (χ2n) is 7.95. The van der Waals surface area contributed by atoms with Gasteiger partial charge in [-0.2, -0.15) is 5.10 Å². The Hall–Kier alpha value is -2.74. The molecule has 0 unspecified atom stereocenters. The summed E-state index contributed by atoms with van der Waals surface area (Å²) in [5, 5.41) is 15.4. The Morgan fingerprint density at radius 2 is 1.90 bits per heavy atom. The Balaban J connectivity index is 1.57. The molecular formula is C23H25ClN6O. The molecule has 0 bridgehead atoms. The molecule has 0 radical (unpaired) electrons. The molecule has 0 aliphatic carbocycles. The van der Waals surface area contributed by atoms with E-state index in [4.69, 9.17) is 21.4 Å². The van der Waals surface area contributed by atoms with Crippen LogP contribution in [0.3, 0.4) is 0 Å². The summed E-state index contributed by atoms with van der Waals surface area (Å²) >= 11 is 6.94. The topological polar surface area (TPSA) is 61.0 Å². The molecule has 7 nitrogen and oxygen atoms in total. The predicted molar refractivity (Wildman–Crippen MR) is 122 cm³/mol. The molecule has 1 fully saturated rings. The Bertz CT molecular complexity index is 1200. The second kappa shape index (κ2) is 8.42. The minimum Gasteiger partial charge on any atom is -0.380 e. The van der Waals surface area contributed by atoms with Gasteiger partial charge in [0.05, 0.1) is 28.8 Å². The van der Waals surface area contributed by atoms with Crippen LogP contribution in [0.4, 0.5) is 0 Å². The fraction of sp³-hybridized carbons (Fsp3) is 0.348. The number of ether oxygens (including phenoxy) is 1. The molecule has 0 amide bonds. The molecule has 160 valence electrons. The highest BCUT2D eigenvalue weighted by atomic mass is 35.5. The summed E-state index contributed by atoms with van der Waals surface area (Å²) in [4.78, 5) is 2.40. The molecule has 3 aromatic heterocycles. The van der Waals surface area contributed by atoms with Crippen LogP contribution >= 0.6 is 11.6 Å². The number of fused-ring (bicyclic) bond motifs is 1. The van der Waals surface area contributed by atoms with Crippen LogP contribution in [0.15, 0.2) is 48.7 Å².